The van der Waals surface area contributed by atoms with Gasteiger partial charge in [0, 0.05) is 51.4 Å². The molecule has 1 aromatic heterocycles. The molecule has 1 heterocycles. The second-order valence-electron chi connectivity index (χ2n) is 5.50. The molecule has 1 atom stereocenters. The second kappa shape index (κ2) is 7.45. The number of anilines is 1. The van der Waals surface area contributed by atoms with Gasteiger partial charge in [-0.3, -0.25) is 4.79 Å². The van der Waals surface area contributed by atoms with Crippen LogP contribution in [0.15, 0.2) is 48.8 Å². The molecule has 2 rings (SSSR count). The highest BCUT2D eigenvalue weighted by atomic mass is 16.4. The van der Waals surface area contributed by atoms with Crippen LogP contribution in [0.2, 0.25) is 0 Å². The van der Waals surface area contributed by atoms with E-state index < -0.39 is 17.9 Å². The molecule has 0 saturated carbocycles. The Bertz CT molecular complexity index is 747. The number of amides is 1. The van der Waals surface area contributed by atoms with Crippen molar-refractivity contribution in [3.8, 4) is 0 Å². The van der Waals surface area contributed by atoms with Gasteiger partial charge in [-0.2, -0.15) is 0 Å². The quantitative estimate of drug-likeness (QED) is 0.781. The van der Waals surface area contributed by atoms with Crippen molar-refractivity contribution in [3.05, 3.63) is 60.2 Å². The lowest BCUT2D eigenvalue weighted by atomic mass is 10.1. The summed E-state index contributed by atoms with van der Waals surface area (Å²) in [6.07, 6.45) is 5.23. The number of benzene rings is 1. The predicted octanol–water partition coefficient (Wildman–Crippen LogP) is 1.33. The van der Waals surface area contributed by atoms with Gasteiger partial charge >= 0.3 is 5.97 Å². The second-order valence-corrected chi connectivity index (χ2v) is 5.50. The van der Waals surface area contributed by atoms with Crippen LogP contribution in [0.1, 0.15) is 17.4 Å². The van der Waals surface area contributed by atoms with Crippen molar-refractivity contribution in [1.29, 1.82) is 0 Å². The molecule has 0 fully saturated rings. The Morgan fingerprint density at radius 2 is 1.92 bits per heavy atom. The monoisotopic (exact) mass is 328 g/mol. The van der Waals surface area contributed by atoms with E-state index in [2.05, 4.69) is 10.3 Å². The highest BCUT2D eigenvalue weighted by molar-refractivity contribution is 5.94. The van der Waals surface area contributed by atoms with Crippen molar-refractivity contribution in [2.75, 3.05) is 19.0 Å². The van der Waals surface area contributed by atoms with E-state index in [1.54, 1.807) is 12.4 Å². The van der Waals surface area contributed by atoms with E-state index in [9.17, 15) is 9.59 Å². The predicted molar refractivity (Wildman–Crippen MR) is 90.7 cm³/mol. The third-order valence-electron chi connectivity index (χ3n) is 3.52. The van der Waals surface area contributed by atoms with Crippen LogP contribution in [0, 0.1) is 0 Å². The van der Waals surface area contributed by atoms with E-state index in [1.165, 1.54) is 0 Å². The van der Waals surface area contributed by atoms with Crippen LogP contribution in [0.3, 0.4) is 0 Å². The Morgan fingerprint density at radius 1 is 1.25 bits per heavy atom. The molecule has 0 aliphatic carbocycles. The highest BCUT2D eigenvalue weighted by Gasteiger charge is 2.20. The zero-order chi connectivity index (χ0) is 17.7. The minimum Gasteiger partial charge on any atom is -0.478 e. The maximum Gasteiger partial charge on any atom is 0.328 e. The molecule has 1 aromatic carbocycles. The molecule has 0 radical (unpaired) electrons. The maximum atomic E-state index is 12.0. The van der Waals surface area contributed by atoms with Gasteiger partial charge in [0.15, 0.2) is 0 Å². The molecule has 0 saturated heterocycles. The van der Waals surface area contributed by atoms with Gasteiger partial charge in [-0.1, -0.05) is 12.1 Å². The molecule has 0 bridgehead atoms. The minimum absolute atomic E-state index is 0.479. The normalized spacial score (nSPS) is 12.1. The van der Waals surface area contributed by atoms with E-state index in [0.717, 1.165) is 23.4 Å². The van der Waals surface area contributed by atoms with Gasteiger partial charge in [0.1, 0.15) is 11.9 Å². The van der Waals surface area contributed by atoms with E-state index in [1.807, 2.05) is 54.9 Å². The number of carboxylic acids is 1. The van der Waals surface area contributed by atoms with Gasteiger partial charge in [0.25, 0.3) is 0 Å². The van der Waals surface area contributed by atoms with Crippen molar-refractivity contribution in [3.63, 3.8) is 0 Å². The number of imidazole rings is 1. The number of aliphatic carboxylic acids is 1. The lowest BCUT2D eigenvalue weighted by Gasteiger charge is -2.20. The molecular weight excluding hydrogens is 308 g/mol. The average molecular weight is 328 g/mol. The molecule has 24 heavy (non-hydrogen) atoms. The topological polar surface area (TPSA) is 87.5 Å². The van der Waals surface area contributed by atoms with Gasteiger partial charge < -0.3 is 19.9 Å². The third kappa shape index (κ3) is 4.22. The van der Waals surface area contributed by atoms with Crippen LogP contribution < -0.4 is 10.2 Å². The zero-order valence-corrected chi connectivity index (χ0v) is 13.8. The van der Waals surface area contributed by atoms with E-state index in [0.29, 0.717) is 5.82 Å². The van der Waals surface area contributed by atoms with Crippen molar-refractivity contribution in [1.82, 2.24) is 14.9 Å². The van der Waals surface area contributed by atoms with Gasteiger partial charge in [0.2, 0.25) is 5.91 Å². The van der Waals surface area contributed by atoms with Crippen molar-refractivity contribution < 1.29 is 14.7 Å². The Kier molecular flexibility index (Phi) is 5.36. The number of aryl methyl sites for hydroxylation is 1. The number of carboxylic acid groups (broad SMARTS) is 1. The summed E-state index contributed by atoms with van der Waals surface area (Å²) < 4.78 is 1.81. The molecule has 0 aliphatic rings. The number of carbonyl (C=O) groups is 2. The van der Waals surface area contributed by atoms with E-state index in [4.69, 9.17) is 5.11 Å². The number of nitrogens with one attached hydrogen (secondary N) is 1. The smallest absolute Gasteiger partial charge is 0.328 e. The zero-order valence-electron chi connectivity index (χ0n) is 13.8. The number of hydrogen-bond donors (Lipinski definition) is 2. The Labute approximate surface area is 140 Å². The Balaban J connectivity index is 2.31. The minimum atomic E-state index is -1.17. The van der Waals surface area contributed by atoms with Crippen LogP contribution in [-0.2, 0) is 16.6 Å². The summed E-state index contributed by atoms with van der Waals surface area (Å²) in [5.41, 5.74) is 1.89. The molecule has 2 aromatic rings. The summed E-state index contributed by atoms with van der Waals surface area (Å²) in [7, 11) is 5.73. The van der Waals surface area contributed by atoms with Crippen molar-refractivity contribution in [2.24, 2.45) is 7.05 Å². The third-order valence-corrected chi connectivity index (χ3v) is 3.52. The van der Waals surface area contributed by atoms with Crippen LogP contribution in [0.4, 0.5) is 5.69 Å². The Hall–Kier alpha value is -3.09. The van der Waals surface area contributed by atoms with Gasteiger partial charge in [-0.05, 0) is 17.7 Å². The number of carbonyl (C=O) groups excluding carboxylic acids is 1. The summed E-state index contributed by atoms with van der Waals surface area (Å²) in [4.78, 5) is 28.8. The molecule has 0 aliphatic heterocycles. The van der Waals surface area contributed by atoms with Crippen molar-refractivity contribution >= 4 is 17.6 Å². The first kappa shape index (κ1) is 17.3. The van der Waals surface area contributed by atoms with Crippen LogP contribution in [-0.4, -0.2) is 40.6 Å². The maximum absolute atomic E-state index is 12.0. The average Bonchev–Trinajstić information content (AvgIpc) is 2.96. The lowest BCUT2D eigenvalue weighted by molar-refractivity contribution is -0.131. The molecule has 2 N–H and O–H groups in total. The Morgan fingerprint density at radius 3 is 2.42 bits per heavy atom. The molecular formula is C17H20N4O3. The lowest BCUT2D eigenvalue weighted by Crippen LogP contribution is -2.30. The SMILES string of the molecule is CN(C)c1ccc(C(NC(=O)/C=C\C(=O)O)c2nccn2C)cc1. The number of aromatic nitrogens is 2. The largest absolute Gasteiger partial charge is 0.478 e. The number of nitrogens with zero attached hydrogens (tertiary/aromatic N) is 3. The first-order chi connectivity index (χ1) is 11.4. The highest BCUT2D eigenvalue weighted by Crippen LogP contribution is 2.23. The van der Waals surface area contributed by atoms with Crippen molar-refractivity contribution in [2.45, 2.75) is 6.04 Å². The number of rotatable bonds is 6. The fraction of sp³-hybridized carbons (Fsp3) is 0.235. The molecule has 126 valence electrons. The van der Waals surface area contributed by atoms with Gasteiger partial charge in [-0.25, -0.2) is 9.78 Å². The first-order valence-corrected chi connectivity index (χ1v) is 7.34. The summed E-state index contributed by atoms with van der Waals surface area (Å²) in [6.45, 7) is 0. The summed E-state index contributed by atoms with van der Waals surface area (Å²) in [5.74, 6) is -1.01. The summed E-state index contributed by atoms with van der Waals surface area (Å²) in [6, 6.07) is 7.24. The van der Waals surface area contributed by atoms with E-state index >= 15 is 0 Å². The van der Waals surface area contributed by atoms with Gasteiger partial charge in [-0.15, -0.1) is 0 Å². The van der Waals surface area contributed by atoms with Crippen LogP contribution in [0.25, 0.3) is 0 Å². The first-order valence-electron chi connectivity index (χ1n) is 7.34. The summed E-state index contributed by atoms with van der Waals surface area (Å²) in [5, 5.41) is 11.4. The molecule has 1 unspecified atom stereocenters. The number of hydrogen-bond acceptors (Lipinski definition) is 4. The molecule has 7 nitrogen and oxygen atoms in total. The summed E-state index contributed by atoms with van der Waals surface area (Å²) >= 11 is 0. The molecule has 7 heteroatoms. The standard InChI is InChI=1S/C17H20N4O3/c1-20(2)13-6-4-12(5-7-13)16(17-18-10-11-21(17)3)19-14(22)8-9-15(23)24/h4-11,16H,1-3H3,(H,19,22)(H,23,24)/b9-8-. The van der Waals surface area contributed by atoms with Crippen LogP contribution in [0.5, 0.6) is 0 Å². The fourth-order valence-corrected chi connectivity index (χ4v) is 2.25. The van der Waals surface area contributed by atoms with Crippen LogP contribution >= 0.6 is 0 Å². The molecule has 0 spiro atoms. The van der Waals surface area contributed by atoms with Gasteiger partial charge in [0.05, 0.1) is 0 Å². The van der Waals surface area contributed by atoms with E-state index in [-0.39, 0.29) is 0 Å². The fourth-order valence-electron chi connectivity index (χ4n) is 2.25. The molecule has 1 amide bonds.